The summed E-state index contributed by atoms with van der Waals surface area (Å²) in [7, 11) is 1.59. The fourth-order valence-electron chi connectivity index (χ4n) is 2.19. The number of carbonyl (C=O) groups is 4. The van der Waals surface area contributed by atoms with Gasteiger partial charge in [-0.2, -0.15) is 0 Å². The molecule has 0 saturated carbocycles. The van der Waals surface area contributed by atoms with Crippen molar-refractivity contribution in [2.24, 2.45) is 0 Å². The van der Waals surface area contributed by atoms with E-state index in [-0.39, 0.29) is 24.3 Å². The van der Waals surface area contributed by atoms with Crippen molar-refractivity contribution in [3.05, 3.63) is 40.3 Å². The van der Waals surface area contributed by atoms with Gasteiger partial charge in [-0.1, -0.05) is 36.1 Å². The average molecular weight is 408 g/mol. The highest BCUT2D eigenvalue weighted by Gasteiger charge is 2.28. The van der Waals surface area contributed by atoms with Gasteiger partial charge < -0.3 is 15.5 Å². The van der Waals surface area contributed by atoms with Gasteiger partial charge in [-0.15, -0.1) is 0 Å². The standard InChI is InChI=1S/C17H16N2O6S2/c1-19-15(23)12(27-17(19)26)8-9-2-4-10(5-3-9)14(22)18-11(16(24)25)6-7-13(20)21/h2-5,8,11H,6-7H2,1H3,(H,18,22)(H,20,21)(H,24,25)/b12-8+/t11-/m0/s1. The van der Waals surface area contributed by atoms with Crippen molar-refractivity contribution in [2.45, 2.75) is 18.9 Å². The van der Waals surface area contributed by atoms with Gasteiger partial charge in [0.2, 0.25) is 0 Å². The van der Waals surface area contributed by atoms with E-state index < -0.39 is 23.9 Å². The third-order valence-electron chi connectivity index (χ3n) is 3.71. The number of aliphatic carboxylic acids is 2. The number of carbonyl (C=O) groups excluding carboxylic acids is 2. The highest BCUT2D eigenvalue weighted by atomic mass is 32.2. The summed E-state index contributed by atoms with van der Waals surface area (Å²) >= 11 is 6.24. The monoisotopic (exact) mass is 408 g/mol. The Kier molecular flexibility index (Phi) is 6.70. The lowest BCUT2D eigenvalue weighted by Crippen LogP contribution is -2.41. The second kappa shape index (κ2) is 8.78. The fraction of sp³-hybridized carbons (Fsp3) is 0.235. The molecular formula is C17H16N2O6S2. The molecule has 27 heavy (non-hydrogen) atoms. The van der Waals surface area contributed by atoms with Crippen LogP contribution in [0.4, 0.5) is 0 Å². The zero-order valence-corrected chi connectivity index (χ0v) is 15.8. The molecule has 0 aromatic heterocycles. The summed E-state index contributed by atoms with van der Waals surface area (Å²) in [5, 5.41) is 20.0. The number of carboxylic acid groups (broad SMARTS) is 2. The lowest BCUT2D eigenvalue weighted by atomic mass is 10.1. The highest BCUT2D eigenvalue weighted by Crippen LogP contribution is 2.31. The van der Waals surface area contributed by atoms with Crippen LogP contribution in [0.15, 0.2) is 29.2 Å². The Balaban J connectivity index is 2.06. The molecule has 1 fully saturated rings. The topological polar surface area (TPSA) is 124 Å². The van der Waals surface area contributed by atoms with E-state index >= 15 is 0 Å². The molecule has 1 heterocycles. The maximum Gasteiger partial charge on any atom is 0.326 e. The summed E-state index contributed by atoms with van der Waals surface area (Å²) in [5.74, 6) is -3.27. The average Bonchev–Trinajstić information content (AvgIpc) is 2.85. The molecule has 2 amide bonds. The lowest BCUT2D eigenvalue weighted by molar-refractivity contribution is -0.140. The molecule has 10 heteroatoms. The number of rotatable bonds is 7. The van der Waals surface area contributed by atoms with Crippen LogP contribution in [0.1, 0.15) is 28.8 Å². The third-order valence-corrected chi connectivity index (χ3v) is 5.19. The van der Waals surface area contributed by atoms with Gasteiger partial charge in [-0.3, -0.25) is 19.3 Å². The van der Waals surface area contributed by atoms with Gasteiger partial charge in [-0.25, -0.2) is 4.79 Å². The molecule has 1 aromatic carbocycles. The van der Waals surface area contributed by atoms with Gasteiger partial charge in [0.1, 0.15) is 10.4 Å². The fourth-order valence-corrected chi connectivity index (χ4v) is 3.37. The minimum atomic E-state index is -1.30. The summed E-state index contributed by atoms with van der Waals surface area (Å²) in [6.45, 7) is 0. The van der Waals surface area contributed by atoms with Gasteiger partial charge >= 0.3 is 11.9 Å². The molecule has 1 aromatic rings. The second-order valence-electron chi connectivity index (χ2n) is 5.66. The van der Waals surface area contributed by atoms with Crippen molar-refractivity contribution in [3.8, 4) is 0 Å². The Morgan fingerprint density at radius 1 is 1.26 bits per heavy atom. The van der Waals surface area contributed by atoms with Crippen molar-refractivity contribution in [1.29, 1.82) is 0 Å². The minimum Gasteiger partial charge on any atom is -0.481 e. The quantitative estimate of drug-likeness (QED) is 0.459. The third kappa shape index (κ3) is 5.38. The van der Waals surface area contributed by atoms with Crippen LogP contribution >= 0.6 is 24.0 Å². The van der Waals surface area contributed by atoms with E-state index in [2.05, 4.69) is 5.32 Å². The number of likely N-dealkylation sites (N-methyl/N-ethyl adjacent to an activating group) is 1. The largest absolute Gasteiger partial charge is 0.481 e. The van der Waals surface area contributed by atoms with Crippen LogP contribution < -0.4 is 5.32 Å². The molecule has 0 radical (unpaired) electrons. The molecule has 0 spiro atoms. The van der Waals surface area contributed by atoms with Crippen LogP contribution in [0, 0.1) is 0 Å². The van der Waals surface area contributed by atoms with E-state index in [1.165, 1.54) is 28.8 Å². The molecule has 8 nitrogen and oxygen atoms in total. The van der Waals surface area contributed by atoms with Crippen molar-refractivity contribution in [2.75, 3.05) is 7.05 Å². The molecule has 3 N–H and O–H groups in total. The second-order valence-corrected chi connectivity index (χ2v) is 7.34. The van der Waals surface area contributed by atoms with Gasteiger partial charge in [0.25, 0.3) is 11.8 Å². The first-order valence-electron chi connectivity index (χ1n) is 7.76. The van der Waals surface area contributed by atoms with Gasteiger partial charge in [0.05, 0.1) is 4.91 Å². The van der Waals surface area contributed by atoms with Gasteiger partial charge in [-0.05, 0) is 30.2 Å². The first-order valence-corrected chi connectivity index (χ1v) is 8.98. The predicted molar refractivity (Wildman–Crippen MR) is 103 cm³/mol. The van der Waals surface area contributed by atoms with Crippen molar-refractivity contribution in [1.82, 2.24) is 10.2 Å². The number of nitrogens with one attached hydrogen (secondary N) is 1. The Bertz CT molecular complexity index is 834. The van der Waals surface area contributed by atoms with E-state index in [1.807, 2.05) is 0 Å². The SMILES string of the molecule is CN1C(=O)/C(=C\c2ccc(C(=O)N[C@@H](CCC(=O)O)C(=O)O)cc2)SC1=S. The van der Waals surface area contributed by atoms with Crippen molar-refractivity contribution in [3.63, 3.8) is 0 Å². The van der Waals surface area contributed by atoms with Crippen molar-refractivity contribution < 1.29 is 29.4 Å². The summed E-state index contributed by atoms with van der Waals surface area (Å²) in [6, 6.07) is 4.92. The minimum absolute atomic E-state index is 0.199. The Morgan fingerprint density at radius 2 is 1.89 bits per heavy atom. The maximum atomic E-state index is 12.2. The number of thiocarbonyl (C=S) groups is 1. The number of benzene rings is 1. The van der Waals surface area contributed by atoms with Crippen molar-refractivity contribution >= 4 is 58.1 Å². The van der Waals surface area contributed by atoms with E-state index in [0.29, 0.717) is 14.8 Å². The number of amides is 2. The van der Waals surface area contributed by atoms with Crippen LogP contribution in [0.5, 0.6) is 0 Å². The normalized spacial score (nSPS) is 16.5. The molecule has 0 aliphatic carbocycles. The summed E-state index contributed by atoms with van der Waals surface area (Å²) in [6.07, 6.45) is 1.07. The lowest BCUT2D eigenvalue weighted by Gasteiger charge is -2.13. The van der Waals surface area contributed by atoms with E-state index in [4.69, 9.17) is 22.4 Å². The number of carboxylic acids is 2. The zero-order chi connectivity index (χ0) is 20.1. The maximum absolute atomic E-state index is 12.2. The zero-order valence-electron chi connectivity index (χ0n) is 14.2. The molecule has 142 valence electrons. The molecule has 1 atom stereocenters. The summed E-state index contributed by atoms with van der Waals surface area (Å²) in [4.78, 5) is 47.7. The first kappa shape index (κ1) is 20.6. The first-order chi connectivity index (χ1) is 12.7. The number of hydrogen-bond acceptors (Lipinski definition) is 6. The molecule has 0 unspecified atom stereocenters. The smallest absolute Gasteiger partial charge is 0.326 e. The van der Waals surface area contributed by atoms with Crippen LogP contribution in [0.2, 0.25) is 0 Å². The summed E-state index contributed by atoms with van der Waals surface area (Å²) in [5.41, 5.74) is 0.901. The number of nitrogens with zero attached hydrogens (tertiary/aromatic N) is 1. The molecule has 0 bridgehead atoms. The predicted octanol–water partition coefficient (Wildman–Crippen LogP) is 1.57. The number of hydrogen-bond donors (Lipinski definition) is 3. The molecule has 1 saturated heterocycles. The van der Waals surface area contributed by atoms with Crippen LogP contribution in [0.25, 0.3) is 6.08 Å². The molecule has 1 aliphatic heterocycles. The van der Waals surface area contributed by atoms with E-state index in [9.17, 15) is 19.2 Å². The highest BCUT2D eigenvalue weighted by molar-refractivity contribution is 8.26. The molecule has 1 aliphatic rings. The van der Waals surface area contributed by atoms with Crippen LogP contribution in [-0.2, 0) is 14.4 Å². The Morgan fingerprint density at radius 3 is 2.37 bits per heavy atom. The van der Waals surface area contributed by atoms with Gasteiger partial charge in [0.15, 0.2) is 0 Å². The van der Waals surface area contributed by atoms with Gasteiger partial charge in [0, 0.05) is 19.0 Å². The number of thioether (sulfide) groups is 1. The summed E-state index contributed by atoms with van der Waals surface area (Å²) < 4.78 is 0.461. The van der Waals surface area contributed by atoms with E-state index in [0.717, 1.165) is 0 Å². The Hall–Kier alpha value is -2.72. The van der Waals surface area contributed by atoms with E-state index in [1.54, 1.807) is 25.3 Å². The van der Waals surface area contributed by atoms with Crippen LogP contribution in [-0.4, -0.2) is 56.3 Å². The van der Waals surface area contributed by atoms with Crippen LogP contribution in [0.3, 0.4) is 0 Å². The Labute approximate surface area is 164 Å². The molecule has 2 rings (SSSR count). The molecular weight excluding hydrogens is 392 g/mol.